The SMILES string of the molecule is NCc1nccn1CCCc1ccc(Cl)cc1. The maximum Gasteiger partial charge on any atom is 0.122 e. The molecule has 1 aromatic heterocycles. The molecule has 0 aliphatic carbocycles. The normalized spacial score (nSPS) is 10.7. The molecule has 1 aromatic carbocycles. The van der Waals surface area contributed by atoms with Crippen LogP contribution >= 0.6 is 11.6 Å². The number of hydrogen-bond acceptors (Lipinski definition) is 2. The lowest BCUT2D eigenvalue weighted by molar-refractivity contribution is 0.611. The molecule has 2 N–H and O–H groups in total. The molecular formula is C13H16ClN3. The Morgan fingerprint density at radius 3 is 2.71 bits per heavy atom. The lowest BCUT2D eigenvalue weighted by atomic mass is 10.1. The number of benzene rings is 1. The summed E-state index contributed by atoms with van der Waals surface area (Å²) in [6.07, 6.45) is 5.89. The number of aromatic nitrogens is 2. The van der Waals surface area contributed by atoms with Crippen LogP contribution in [0.25, 0.3) is 0 Å². The molecular weight excluding hydrogens is 234 g/mol. The number of nitrogens with zero attached hydrogens (tertiary/aromatic N) is 2. The summed E-state index contributed by atoms with van der Waals surface area (Å²) in [5, 5.41) is 0.786. The van der Waals surface area contributed by atoms with E-state index >= 15 is 0 Å². The number of nitrogens with two attached hydrogens (primary N) is 1. The van der Waals surface area contributed by atoms with E-state index in [1.807, 2.05) is 18.3 Å². The monoisotopic (exact) mass is 249 g/mol. The summed E-state index contributed by atoms with van der Waals surface area (Å²) in [6.45, 7) is 1.45. The van der Waals surface area contributed by atoms with Crippen LogP contribution in [0.3, 0.4) is 0 Å². The van der Waals surface area contributed by atoms with E-state index in [1.165, 1.54) is 5.56 Å². The second kappa shape index (κ2) is 5.84. The summed E-state index contributed by atoms with van der Waals surface area (Å²) in [7, 11) is 0. The van der Waals surface area contributed by atoms with Crippen molar-refractivity contribution < 1.29 is 0 Å². The van der Waals surface area contributed by atoms with Crippen LogP contribution in [0.1, 0.15) is 17.8 Å². The zero-order chi connectivity index (χ0) is 12.1. The molecule has 0 saturated carbocycles. The predicted octanol–water partition coefficient (Wildman–Crippen LogP) is 2.63. The Labute approximate surface area is 106 Å². The van der Waals surface area contributed by atoms with E-state index in [0.717, 1.165) is 30.2 Å². The maximum absolute atomic E-state index is 5.84. The molecule has 0 radical (unpaired) electrons. The van der Waals surface area contributed by atoms with Crippen LogP contribution in [0.15, 0.2) is 36.7 Å². The summed E-state index contributed by atoms with van der Waals surface area (Å²) < 4.78 is 2.11. The summed E-state index contributed by atoms with van der Waals surface area (Å²) in [5.41, 5.74) is 6.91. The van der Waals surface area contributed by atoms with Gasteiger partial charge in [-0.1, -0.05) is 23.7 Å². The molecule has 90 valence electrons. The summed E-state index contributed by atoms with van der Waals surface area (Å²) in [5.74, 6) is 0.945. The van der Waals surface area contributed by atoms with Gasteiger partial charge in [0.25, 0.3) is 0 Å². The van der Waals surface area contributed by atoms with E-state index in [9.17, 15) is 0 Å². The van der Waals surface area contributed by atoms with Gasteiger partial charge >= 0.3 is 0 Å². The highest BCUT2D eigenvalue weighted by molar-refractivity contribution is 6.30. The Balaban J connectivity index is 1.85. The van der Waals surface area contributed by atoms with Crippen LogP contribution in [0.5, 0.6) is 0 Å². The Hall–Kier alpha value is -1.32. The van der Waals surface area contributed by atoms with Crippen LogP contribution < -0.4 is 5.73 Å². The van der Waals surface area contributed by atoms with Gasteiger partial charge in [-0.15, -0.1) is 0 Å². The highest BCUT2D eigenvalue weighted by atomic mass is 35.5. The smallest absolute Gasteiger partial charge is 0.122 e. The van der Waals surface area contributed by atoms with Gasteiger partial charge in [-0.2, -0.15) is 0 Å². The van der Waals surface area contributed by atoms with Crippen molar-refractivity contribution in [1.29, 1.82) is 0 Å². The molecule has 0 unspecified atom stereocenters. The highest BCUT2D eigenvalue weighted by Gasteiger charge is 2.00. The molecule has 1 heterocycles. The lowest BCUT2D eigenvalue weighted by Crippen LogP contribution is -2.08. The molecule has 0 saturated heterocycles. The van der Waals surface area contributed by atoms with Gasteiger partial charge in [0, 0.05) is 24.0 Å². The second-order valence-electron chi connectivity index (χ2n) is 3.97. The molecule has 4 heteroatoms. The van der Waals surface area contributed by atoms with Crippen LogP contribution in [0.4, 0.5) is 0 Å². The van der Waals surface area contributed by atoms with E-state index in [4.69, 9.17) is 17.3 Å². The zero-order valence-corrected chi connectivity index (χ0v) is 10.4. The lowest BCUT2D eigenvalue weighted by Gasteiger charge is -2.06. The second-order valence-corrected chi connectivity index (χ2v) is 4.41. The molecule has 0 atom stereocenters. The fourth-order valence-corrected chi connectivity index (χ4v) is 1.96. The standard InChI is InChI=1S/C13H16ClN3/c14-12-5-3-11(4-6-12)2-1-8-17-9-7-16-13(17)10-15/h3-7,9H,1-2,8,10,15H2. The molecule has 2 aromatic rings. The van der Waals surface area contributed by atoms with Crippen molar-refractivity contribution in [2.75, 3.05) is 0 Å². The van der Waals surface area contributed by atoms with Crippen molar-refractivity contribution in [3.8, 4) is 0 Å². The number of imidazole rings is 1. The van der Waals surface area contributed by atoms with Gasteiger partial charge < -0.3 is 10.3 Å². The fourth-order valence-electron chi connectivity index (χ4n) is 1.84. The van der Waals surface area contributed by atoms with E-state index in [2.05, 4.69) is 21.7 Å². The Kier molecular flexibility index (Phi) is 4.18. The van der Waals surface area contributed by atoms with Crippen LogP contribution in [0, 0.1) is 0 Å². The van der Waals surface area contributed by atoms with Gasteiger partial charge in [-0.05, 0) is 30.5 Å². The van der Waals surface area contributed by atoms with Crippen molar-refractivity contribution in [2.45, 2.75) is 25.9 Å². The third-order valence-electron chi connectivity index (χ3n) is 2.76. The third kappa shape index (κ3) is 3.32. The zero-order valence-electron chi connectivity index (χ0n) is 9.64. The number of halogens is 1. The Morgan fingerprint density at radius 2 is 2.00 bits per heavy atom. The predicted molar refractivity (Wildman–Crippen MR) is 69.9 cm³/mol. The molecule has 0 amide bonds. The highest BCUT2D eigenvalue weighted by Crippen LogP contribution is 2.11. The van der Waals surface area contributed by atoms with Crippen molar-refractivity contribution in [3.05, 3.63) is 53.1 Å². The van der Waals surface area contributed by atoms with E-state index in [0.29, 0.717) is 6.54 Å². The largest absolute Gasteiger partial charge is 0.334 e. The van der Waals surface area contributed by atoms with E-state index in [1.54, 1.807) is 6.20 Å². The van der Waals surface area contributed by atoms with Gasteiger partial charge in [0.05, 0.1) is 6.54 Å². The van der Waals surface area contributed by atoms with Gasteiger partial charge in [0.15, 0.2) is 0 Å². The summed E-state index contributed by atoms with van der Waals surface area (Å²) in [4.78, 5) is 4.19. The van der Waals surface area contributed by atoms with Gasteiger partial charge in [-0.25, -0.2) is 4.98 Å². The minimum Gasteiger partial charge on any atom is -0.334 e. The quantitative estimate of drug-likeness (QED) is 0.885. The third-order valence-corrected chi connectivity index (χ3v) is 3.01. The van der Waals surface area contributed by atoms with E-state index in [-0.39, 0.29) is 0 Å². The Bertz CT molecular complexity index is 462. The van der Waals surface area contributed by atoms with E-state index < -0.39 is 0 Å². The molecule has 0 fully saturated rings. The van der Waals surface area contributed by atoms with Crippen molar-refractivity contribution in [2.24, 2.45) is 5.73 Å². The van der Waals surface area contributed by atoms with Gasteiger partial charge in [0.1, 0.15) is 5.82 Å². The first-order chi connectivity index (χ1) is 8.29. The molecule has 0 aliphatic heterocycles. The molecule has 0 aliphatic rings. The number of aryl methyl sites for hydroxylation is 2. The average Bonchev–Trinajstić information content (AvgIpc) is 2.79. The first-order valence-electron chi connectivity index (χ1n) is 5.74. The summed E-state index contributed by atoms with van der Waals surface area (Å²) >= 11 is 5.84. The average molecular weight is 250 g/mol. The van der Waals surface area contributed by atoms with Crippen LogP contribution in [0.2, 0.25) is 5.02 Å². The molecule has 2 rings (SSSR count). The minimum atomic E-state index is 0.494. The minimum absolute atomic E-state index is 0.494. The molecule has 0 bridgehead atoms. The first-order valence-corrected chi connectivity index (χ1v) is 6.12. The number of rotatable bonds is 5. The fraction of sp³-hybridized carbons (Fsp3) is 0.308. The van der Waals surface area contributed by atoms with Gasteiger partial charge in [0.2, 0.25) is 0 Å². The van der Waals surface area contributed by atoms with Crippen molar-refractivity contribution in [1.82, 2.24) is 9.55 Å². The van der Waals surface area contributed by atoms with Gasteiger partial charge in [-0.3, -0.25) is 0 Å². The topological polar surface area (TPSA) is 43.8 Å². The first kappa shape index (κ1) is 12.1. The number of hydrogen-bond donors (Lipinski definition) is 1. The summed E-state index contributed by atoms with van der Waals surface area (Å²) in [6, 6.07) is 8.00. The molecule has 17 heavy (non-hydrogen) atoms. The molecule has 3 nitrogen and oxygen atoms in total. The molecule has 0 spiro atoms. The van der Waals surface area contributed by atoms with Crippen molar-refractivity contribution >= 4 is 11.6 Å². The maximum atomic E-state index is 5.84. The van der Waals surface area contributed by atoms with Crippen LogP contribution in [-0.4, -0.2) is 9.55 Å². The van der Waals surface area contributed by atoms with Crippen LogP contribution in [-0.2, 0) is 19.5 Å². The Morgan fingerprint density at radius 1 is 1.24 bits per heavy atom. The van der Waals surface area contributed by atoms with Crippen molar-refractivity contribution in [3.63, 3.8) is 0 Å².